The highest BCUT2D eigenvalue weighted by molar-refractivity contribution is 6.19. The van der Waals surface area contributed by atoms with Crippen molar-refractivity contribution in [2.75, 3.05) is 13.7 Å². The Balaban J connectivity index is 2.26. The Hall–Kier alpha value is -1.43. The van der Waals surface area contributed by atoms with Gasteiger partial charge in [0.05, 0.1) is 12.6 Å². The van der Waals surface area contributed by atoms with E-state index in [4.69, 9.17) is 4.74 Å². The van der Waals surface area contributed by atoms with Crippen LogP contribution in [0.1, 0.15) is 32.6 Å². The SMILES string of the molecule is CCC(COC)N1C(=O)NC(=O)C2(CCC2)C1=O. The van der Waals surface area contributed by atoms with Crippen molar-refractivity contribution in [3.05, 3.63) is 0 Å². The van der Waals surface area contributed by atoms with Gasteiger partial charge < -0.3 is 4.74 Å². The fraction of sp³-hybridized carbons (Fsp3) is 0.750. The van der Waals surface area contributed by atoms with Gasteiger partial charge in [0.15, 0.2) is 0 Å². The molecule has 1 aliphatic heterocycles. The second kappa shape index (κ2) is 4.68. The predicted molar refractivity (Wildman–Crippen MR) is 62.6 cm³/mol. The maximum atomic E-state index is 12.4. The number of barbiturate groups is 1. The van der Waals surface area contributed by atoms with Gasteiger partial charge in [-0.2, -0.15) is 0 Å². The summed E-state index contributed by atoms with van der Waals surface area (Å²) >= 11 is 0. The van der Waals surface area contributed by atoms with E-state index < -0.39 is 17.4 Å². The Bertz CT molecular complexity index is 390. The van der Waals surface area contributed by atoms with E-state index in [2.05, 4.69) is 5.32 Å². The molecule has 4 amide bonds. The van der Waals surface area contributed by atoms with Gasteiger partial charge >= 0.3 is 6.03 Å². The number of nitrogens with one attached hydrogen (secondary N) is 1. The van der Waals surface area contributed by atoms with Crippen LogP contribution in [0, 0.1) is 5.41 Å². The highest BCUT2D eigenvalue weighted by Crippen LogP contribution is 2.44. The predicted octanol–water partition coefficient (Wildman–Crippen LogP) is 0.660. The molecule has 1 saturated heterocycles. The van der Waals surface area contributed by atoms with Gasteiger partial charge in [-0.25, -0.2) is 4.79 Å². The van der Waals surface area contributed by atoms with Crippen LogP contribution in [0.3, 0.4) is 0 Å². The minimum Gasteiger partial charge on any atom is -0.383 e. The third-order valence-corrected chi connectivity index (χ3v) is 3.90. The molecular formula is C12H18N2O4. The first-order valence-corrected chi connectivity index (χ1v) is 6.25. The second-order valence-electron chi connectivity index (χ2n) is 4.89. The van der Waals surface area contributed by atoms with Gasteiger partial charge in [0, 0.05) is 7.11 Å². The summed E-state index contributed by atoms with van der Waals surface area (Å²) in [6.07, 6.45) is 2.52. The van der Waals surface area contributed by atoms with Gasteiger partial charge in [-0.05, 0) is 19.3 Å². The highest BCUT2D eigenvalue weighted by Gasteiger charge is 2.58. The quantitative estimate of drug-likeness (QED) is 0.748. The molecule has 1 heterocycles. The average molecular weight is 254 g/mol. The lowest BCUT2D eigenvalue weighted by Crippen LogP contribution is -2.68. The van der Waals surface area contributed by atoms with Gasteiger partial charge in [0.2, 0.25) is 11.8 Å². The molecule has 1 atom stereocenters. The first kappa shape index (κ1) is 13.0. The molecule has 1 N–H and O–H groups in total. The number of carbonyl (C=O) groups excluding carboxylic acids is 3. The van der Waals surface area contributed by atoms with E-state index >= 15 is 0 Å². The molecule has 1 unspecified atom stereocenters. The van der Waals surface area contributed by atoms with Crippen LogP contribution >= 0.6 is 0 Å². The molecule has 0 radical (unpaired) electrons. The molecule has 2 rings (SSSR count). The summed E-state index contributed by atoms with van der Waals surface area (Å²) in [5.41, 5.74) is -0.991. The lowest BCUT2D eigenvalue weighted by Gasteiger charge is -2.46. The summed E-state index contributed by atoms with van der Waals surface area (Å²) in [7, 11) is 1.53. The van der Waals surface area contributed by atoms with Crippen molar-refractivity contribution in [3.8, 4) is 0 Å². The van der Waals surface area contributed by atoms with Crippen LogP contribution in [0.25, 0.3) is 0 Å². The summed E-state index contributed by atoms with van der Waals surface area (Å²) in [4.78, 5) is 37.2. The fourth-order valence-electron chi connectivity index (χ4n) is 2.57. The first-order chi connectivity index (χ1) is 8.56. The largest absolute Gasteiger partial charge is 0.383 e. The second-order valence-corrected chi connectivity index (χ2v) is 4.89. The molecular weight excluding hydrogens is 236 g/mol. The number of hydrogen-bond donors (Lipinski definition) is 1. The van der Waals surface area contributed by atoms with E-state index in [-0.39, 0.29) is 11.9 Å². The number of ether oxygens (including phenoxy) is 1. The van der Waals surface area contributed by atoms with Crippen molar-refractivity contribution >= 4 is 17.8 Å². The molecule has 0 aromatic rings. The number of carbonyl (C=O) groups is 3. The zero-order valence-corrected chi connectivity index (χ0v) is 10.7. The van der Waals surface area contributed by atoms with Gasteiger partial charge in [-0.15, -0.1) is 0 Å². The Kier molecular flexibility index (Phi) is 3.38. The van der Waals surface area contributed by atoms with E-state index in [1.54, 1.807) is 0 Å². The molecule has 100 valence electrons. The Morgan fingerprint density at radius 1 is 1.39 bits per heavy atom. The number of amides is 4. The van der Waals surface area contributed by atoms with E-state index in [1.807, 2.05) is 6.92 Å². The number of urea groups is 1. The number of hydrogen-bond acceptors (Lipinski definition) is 4. The minimum atomic E-state index is -0.991. The van der Waals surface area contributed by atoms with Crippen LogP contribution in [0.4, 0.5) is 4.79 Å². The van der Waals surface area contributed by atoms with Gasteiger partial charge in [0.25, 0.3) is 0 Å². The fourth-order valence-corrected chi connectivity index (χ4v) is 2.57. The van der Waals surface area contributed by atoms with E-state index in [9.17, 15) is 14.4 Å². The molecule has 1 spiro atoms. The van der Waals surface area contributed by atoms with E-state index in [1.165, 1.54) is 12.0 Å². The topological polar surface area (TPSA) is 75.7 Å². The monoisotopic (exact) mass is 254 g/mol. The third-order valence-electron chi connectivity index (χ3n) is 3.90. The van der Waals surface area contributed by atoms with Crippen LogP contribution in [0.2, 0.25) is 0 Å². The maximum Gasteiger partial charge on any atom is 0.331 e. The van der Waals surface area contributed by atoms with E-state index in [0.717, 1.165) is 6.42 Å². The molecule has 1 saturated carbocycles. The summed E-state index contributed by atoms with van der Waals surface area (Å²) in [5.74, 6) is -0.793. The maximum absolute atomic E-state index is 12.4. The standard InChI is InChI=1S/C12H18N2O4/c1-3-8(7-18-2)14-10(16)12(5-4-6-12)9(15)13-11(14)17/h8H,3-7H2,1-2H3,(H,13,15,17). The highest BCUT2D eigenvalue weighted by atomic mass is 16.5. The summed E-state index contributed by atoms with van der Waals surface area (Å²) < 4.78 is 5.03. The van der Waals surface area contributed by atoms with Crippen molar-refractivity contribution in [1.29, 1.82) is 0 Å². The van der Waals surface area contributed by atoms with Crippen molar-refractivity contribution in [1.82, 2.24) is 10.2 Å². The molecule has 1 aliphatic carbocycles. The Labute approximate surface area is 106 Å². The molecule has 6 nitrogen and oxygen atoms in total. The molecule has 0 aromatic carbocycles. The molecule has 18 heavy (non-hydrogen) atoms. The van der Waals surface area contributed by atoms with Crippen molar-refractivity contribution in [2.45, 2.75) is 38.6 Å². The summed E-state index contributed by atoms with van der Waals surface area (Å²) in [5, 5.41) is 2.30. The number of methoxy groups -OCH3 is 1. The molecule has 0 aromatic heterocycles. The van der Waals surface area contributed by atoms with Gasteiger partial charge in [-0.3, -0.25) is 19.8 Å². The summed E-state index contributed by atoms with van der Waals surface area (Å²) in [6.45, 7) is 2.17. The molecule has 6 heteroatoms. The van der Waals surface area contributed by atoms with Crippen molar-refractivity contribution in [3.63, 3.8) is 0 Å². The lowest BCUT2D eigenvalue weighted by molar-refractivity contribution is -0.159. The molecule has 2 aliphatic rings. The van der Waals surface area contributed by atoms with Crippen molar-refractivity contribution < 1.29 is 19.1 Å². The van der Waals surface area contributed by atoms with E-state index in [0.29, 0.717) is 25.9 Å². The zero-order chi connectivity index (χ0) is 13.3. The zero-order valence-electron chi connectivity index (χ0n) is 10.7. The van der Waals surface area contributed by atoms with Crippen molar-refractivity contribution in [2.24, 2.45) is 5.41 Å². The first-order valence-electron chi connectivity index (χ1n) is 6.25. The van der Waals surface area contributed by atoms with Gasteiger partial charge in [-0.1, -0.05) is 13.3 Å². The van der Waals surface area contributed by atoms with Crippen LogP contribution in [-0.2, 0) is 14.3 Å². The molecule has 0 bridgehead atoms. The number of rotatable bonds is 4. The third kappa shape index (κ3) is 1.71. The summed E-state index contributed by atoms with van der Waals surface area (Å²) in [6, 6.07) is -0.931. The lowest BCUT2D eigenvalue weighted by atomic mass is 9.66. The molecule has 2 fully saturated rings. The number of nitrogens with zero attached hydrogens (tertiary/aromatic N) is 1. The van der Waals surface area contributed by atoms with Crippen LogP contribution in [-0.4, -0.2) is 42.5 Å². The minimum absolute atomic E-state index is 0.292. The smallest absolute Gasteiger partial charge is 0.331 e. The average Bonchev–Trinajstić information content (AvgIpc) is 2.25. The normalized spacial score (nSPS) is 23.9. The van der Waals surface area contributed by atoms with Crippen LogP contribution < -0.4 is 5.32 Å². The Morgan fingerprint density at radius 3 is 2.50 bits per heavy atom. The van der Waals surface area contributed by atoms with Gasteiger partial charge in [0.1, 0.15) is 5.41 Å². The number of imide groups is 2. The van der Waals surface area contributed by atoms with Crippen LogP contribution in [0.15, 0.2) is 0 Å². The van der Waals surface area contributed by atoms with Crippen LogP contribution in [0.5, 0.6) is 0 Å². The Morgan fingerprint density at radius 2 is 2.06 bits per heavy atom.